The Morgan fingerprint density at radius 2 is 1.41 bits per heavy atom. The molecule has 0 saturated heterocycles. The van der Waals surface area contributed by atoms with Gasteiger partial charge in [0.15, 0.2) is 5.72 Å². The Kier molecular flexibility index (Phi) is 7.63. The topological polar surface area (TPSA) is 73.2 Å². The van der Waals surface area contributed by atoms with E-state index in [9.17, 15) is 41.7 Å². The monoisotopic (exact) mass is 555 g/mol. The van der Waals surface area contributed by atoms with Gasteiger partial charge in [-0.3, -0.25) is 0 Å². The third kappa shape index (κ3) is 5.43. The van der Waals surface area contributed by atoms with E-state index in [0.29, 0.717) is 23.4 Å². The summed E-state index contributed by atoms with van der Waals surface area (Å²) in [7, 11) is 0. The molecule has 1 aliphatic heterocycles. The molecule has 4 rings (SSSR count). The molecule has 3 aromatic rings. The van der Waals surface area contributed by atoms with Gasteiger partial charge < -0.3 is 25.0 Å². The summed E-state index contributed by atoms with van der Waals surface area (Å²) < 4.78 is 87.6. The molecule has 0 spiro atoms. The molecule has 1 unspecified atom stereocenters. The molecular weight excluding hydrogens is 528 g/mol. The molecule has 3 N–H and O–H groups in total. The summed E-state index contributed by atoms with van der Waals surface area (Å²) in [5.74, 6) is 0.473. The van der Waals surface area contributed by atoms with Gasteiger partial charge in [-0.25, -0.2) is 0 Å². The van der Waals surface area contributed by atoms with Gasteiger partial charge in [0.05, 0.1) is 6.54 Å². The van der Waals surface area contributed by atoms with E-state index in [4.69, 9.17) is 4.74 Å². The number of aliphatic hydroxyl groups excluding tert-OH is 1. The van der Waals surface area contributed by atoms with Crippen LogP contribution in [0.5, 0.6) is 5.75 Å². The number of hydrogen-bond donors (Lipinski definition) is 3. The highest BCUT2D eigenvalue weighted by Crippen LogP contribution is 2.51. The average Bonchev–Trinajstić information content (AvgIpc) is 3.07. The van der Waals surface area contributed by atoms with Crippen LogP contribution < -0.4 is 9.64 Å². The third-order valence-corrected chi connectivity index (χ3v) is 6.96. The van der Waals surface area contributed by atoms with E-state index in [1.807, 2.05) is 0 Å². The smallest absolute Gasteiger partial charge is 0.430 e. The second-order valence-corrected chi connectivity index (χ2v) is 9.66. The molecule has 210 valence electrons. The van der Waals surface area contributed by atoms with Crippen LogP contribution in [0.3, 0.4) is 0 Å². The Labute approximate surface area is 220 Å². The highest BCUT2D eigenvalue weighted by Gasteiger charge is 2.71. The van der Waals surface area contributed by atoms with Crippen LogP contribution in [0.15, 0.2) is 78.9 Å². The summed E-state index contributed by atoms with van der Waals surface area (Å²) >= 11 is 0. The maximum Gasteiger partial charge on any atom is 0.430 e. The lowest BCUT2D eigenvalue weighted by molar-refractivity contribution is -0.376. The van der Waals surface area contributed by atoms with Crippen molar-refractivity contribution in [1.29, 1.82) is 0 Å². The van der Waals surface area contributed by atoms with E-state index in [0.717, 1.165) is 6.07 Å². The fourth-order valence-corrected chi connectivity index (χ4v) is 4.79. The second kappa shape index (κ2) is 10.4. The number of para-hydroxylation sites is 1. The number of nitrogens with zero attached hydrogens (tertiary/aromatic N) is 1. The number of benzene rings is 3. The fraction of sp³-hybridized carbons (Fsp3) is 0.357. The van der Waals surface area contributed by atoms with Gasteiger partial charge in [-0.15, -0.1) is 0 Å². The molecule has 39 heavy (non-hydrogen) atoms. The number of ether oxygens (including phenoxy) is 1. The second-order valence-electron chi connectivity index (χ2n) is 9.66. The van der Waals surface area contributed by atoms with Gasteiger partial charge in [-0.1, -0.05) is 60.7 Å². The number of alkyl halides is 6. The quantitative estimate of drug-likeness (QED) is 0.344. The van der Waals surface area contributed by atoms with Crippen molar-refractivity contribution < 1.29 is 46.4 Å². The molecule has 0 radical (unpaired) electrons. The maximum atomic E-state index is 13.6. The van der Waals surface area contributed by atoms with Crippen molar-refractivity contribution in [2.45, 2.75) is 55.7 Å². The largest absolute Gasteiger partial charge is 0.489 e. The lowest BCUT2D eigenvalue weighted by Crippen LogP contribution is -2.54. The SMILES string of the molecule is CC(O)([C@@H](O)c1ccccc1)N1C[C@@H](Oc2ccccc2)CCc2cc(C(O)(C(F)(F)F)C(F)(F)F)ccc21. The molecule has 0 bridgehead atoms. The molecule has 3 atom stereocenters. The highest BCUT2D eigenvalue weighted by atomic mass is 19.4. The van der Waals surface area contributed by atoms with Gasteiger partial charge >= 0.3 is 12.4 Å². The van der Waals surface area contributed by atoms with Crippen LogP contribution in [-0.4, -0.2) is 46.0 Å². The summed E-state index contributed by atoms with van der Waals surface area (Å²) in [4.78, 5) is 1.31. The van der Waals surface area contributed by atoms with Crippen LogP contribution in [0, 0.1) is 0 Å². The van der Waals surface area contributed by atoms with E-state index < -0.39 is 41.5 Å². The molecule has 3 aromatic carbocycles. The van der Waals surface area contributed by atoms with Crippen LogP contribution >= 0.6 is 0 Å². The van der Waals surface area contributed by atoms with Crippen molar-refractivity contribution >= 4 is 5.69 Å². The van der Waals surface area contributed by atoms with Gasteiger partial charge in [0.1, 0.15) is 18.0 Å². The normalized spacial score (nSPS) is 19.0. The average molecular weight is 556 g/mol. The summed E-state index contributed by atoms with van der Waals surface area (Å²) in [5, 5.41) is 32.7. The first kappa shape index (κ1) is 28.7. The van der Waals surface area contributed by atoms with Crippen LogP contribution in [0.2, 0.25) is 0 Å². The summed E-state index contributed by atoms with van der Waals surface area (Å²) in [6.45, 7) is 1.25. The molecule has 0 fully saturated rings. The predicted octanol–water partition coefficient (Wildman–Crippen LogP) is 5.64. The first-order valence-corrected chi connectivity index (χ1v) is 12.1. The summed E-state index contributed by atoms with van der Waals surface area (Å²) in [5.41, 5.74) is -8.10. The van der Waals surface area contributed by atoms with Gasteiger partial charge in [-0.05, 0) is 49.1 Å². The van der Waals surface area contributed by atoms with Gasteiger partial charge in [0.2, 0.25) is 0 Å². The molecule has 5 nitrogen and oxygen atoms in total. The lowest BCUT2D eigenvalue weighted by Gasteiger charge is -2.43. The van der Waals surface area contributed by atoms with Crippen molar-refractivity contribution in [3.8, 4) is 5.75 Å². The summed E-state index contributed by atoms with van der Waals surface area (Å²) in [6, 6.07) is 18.9. The fourth-order valence-electron chi connectivity index (χ4n) is 4.79. The van der Waals surface area contributed by atoms with Crippen LogP contribution in [0.25, 0.3) is 0 Å². The number of rotatable bonds is 6. The van der Waals surface area contributed by atoms with Crippen LogP contribution in [0.4, 0.5) is 32.0 Å². The van der Waals surface area contributed by atoms with E-state index in [-0.39, 0.29) is 30.6 Å². The van der Waals surface area contributed by atoms with E-state index in [1.165, 1.54) is 11.8 Å². The first-order chi connectivity index (χ1) is 18.2. The highest BCUT2D eigenvalue weighted by molar-refractivity contribution is 5.59. The zero-order valence-corrected chi connectivity index (χ0v) is 20.7. The number of hydrogen-bond acceptors (Lipinski definition) is 5. The van der Waals surface area contributed by atoms with E-state index >= 15 is 0 Å². The van der Waals surface area contributed by atoms with Crippen molar-refractivity contribution in [3.05, 3.63) is 95.6 Å². The standard InChI is InChI=1S/C28H27F6NO4/c1-25(37,24(36)18-8-4-2-5-9-18)35-17-22(39-21-10-6-3-7-11-21)14-12-19-16-20(13-15-23(19)35)26(38,27(29,30)31)28(32,33)34/h2-11,13,15-16,22,24,36-38H,12,14,17H2,1H3/t22-,24-,25?/m0/s1. The number of fused-ring (bicyclic) bond motifs is 1. The minimum Gasteiger partial charge on any atom is -0.489 e. The lowest BCUT2D eigenvalue weighted by atomic mass is 9.89. The van der Waals surface area contributed by atoms with Crippen molar-refractivity contribution in [3.63, 3.8) is 0 Å². The Hall–Kier alpha value is -3.28. The molecule has 0 aromatic heterocycles. The van der Waals surface area contributed by atoms with Crippen LogP contribution in [-0.2, 0) is 12.0 Å². The van der Waals surface area contributed by atoms with Gasteiger partial charge in [0.25, 0.3) is 5.60 Å². The Balaban J connectivity index is 1.81. The molecule has 0 aliphatic carbocycles. The molecule has 0 saturated carbocycles. The van der Waals surface area contributed by atoms with Crippen molar-refractivity contribution in [2.75, 3.05) is 11.4 Å². The minimum absolute atomic E-state index is 0.0131. The van der Waals surface area contributed by atoms with Crippen molar-refractivity contribution in [1.82, 2.24) is 0 Å². The zero-order chi connectivity index (χ0) is 28.6. The minimum atomic E-state index is -6.04. The number of halogens is 6. The van der Waals surface area contributed by atoms with Gasteiger partial charge in [0, 0.05) is 11.3 Å². The maximum absolute atomic E-state index is 13.6. The number of aryl methyl sites for hydroxylation is 1. The summed E-state index contributed by atoms with van der Waals surface area (Å²) in [6.07, 6.45) is -14.1. The number of anilines is 1. The molecule has 0 amide bonds. The zero-order valence-electron chi connectivity index (χ0n) is 20.7. The van der Waals surface area contributed by atoms with Gasteiger partial charge in [-0.2, -0.15) is 26.3 Å². The Morgan fingerprint density at radius 3 is 1.97 bits per heavy atom. The van der Waals surface area contributed by atoms with E-state index in [1.54, 1.807) is 60.7 Å². The van der Waals surface area contributed by atoms with Crippen molar-refractivity contribution in [2.24, 2.45) is 0 Å². The third-order valence-electron chi connectivity index (χ3n) is 6.96. The van der Waals surface area contributed by atoms with E-state index in [2.05, 4.69) is 0 Å². The predicted molar refractivity (Wildman–Crippen MR) is 131 cm³/mol. The first-order valence-electron chi connectivity index (χ1n) is 12.1. The number of aliphatic hydroxyl groups is 3. The Bertz CT molecular complexity index is 1250. The molecule has 1 heterocycles. The molecule has 1 aliphatic rings. The van der Waals surface area contributed by atoms with Crippen LogP contribution in [0.1, 0.15) is 36.1 Å². The molecular formula is C28H27F6NO4. The Morgan fingerprint density at radius 1 is 0.846 bits per heavy atom. The molecule has 11 heteroatoms.